The van der Waals surface area contributed by atoms with Crippen LogP contribution in [0.5, 0.6) is 0 Å². The number of alkyl halides is 2. The predicted molar refractivity (Wildman–Crippen MR) is 70.0 cm³/mol. The van der Waals surface area contributed by atoms with Gasteiger partial charge < -0.3 is 5.32 Å². The van der Waals surface area contributed by atoms with E-state index < -0.39 is 0 Å². The van der Waals surface area contributed by atoms with E-state index in [4.69, 9.17) is 0 Å². The third-order valence-corrected chi connectivity index (χ3v) is 3.48. The van der Waals surface area contributed by atoms with Gasteiger partial charge in [0.2, 0.25) is 0 Å². The van der Waals surface area contributed by atoms with Crippen molar-refractivity contribution < 1.29 is 4.79 Å². The first-order valence-electron chi connectivity index (χ1n) is 3.88. The van der Waals surface area contributed by atoms with Crippen molar-refractivity contribution in [1.29, 1.82) is 0 Å². The van der Waals surface area contributed by atoms with E-state index in [9.17, 15) is 4.79 Å². The summed E-state index contributed by atoms with van der Waals surface area (Å²) in [5, 5.41) is 3.22. The fourth-order valence-corrected chi connectivity index (χ4v) is 2.41. The quantitative estimate of drug-likeness (QED) is 0.582. The first-order chi connectivity index (χ1) is 6.20. The molecule has 1 atom stereocenters. The second-order valence-corrected chi connectivity index (χ2v) is 7.93. The van der Waals surface area contributed by atoms with Crippen molar-refractivity contribution in [2.24, 2.45) is 0 Å². The molecule has 1 heterocycles. The number of ketones is 1. The minimum atomic E-state index is -0.0569. The van der Waals surface area contributed by atoms with E-state index in [0.29, 0.717) is 0 Å². The van der Waals surface area contributed by atoms with Crippen LogP contribution in [0.2, 0.25) is 0 Å². The van der Waals surface area contributed by atoms with Gasteiger partial charge in [0.05, 0.1) is 1.93 Å². The summed E-state index contributed by atoms with van der Waals surface area (Å²) in [7, 11) is 0. The lowest BCUT2D eigenvalue weighted by molar-refractivity contribution is 0.0986. The van der Waals surface area contributed by atoms with Crippen LogP contribution in [0.15, 0.2) is 24.3 Å². The van der Waals surface area contributed by atoms with Gasteiger partial charge in [-0.25, -0.2) is 0 Å². The Labute approximate surface area is 104 Å². The summed E-state index contributed by atoms with van der Waals surface area (Å²) in [6, 6.07) is 7.61. The highest BCUT2D eigenvalue weighted by molar-refractivity contribution is 14.2. The topological polar surface area (TPSA) is 29.1 Å². The lowest BCUT2D eigenvalue weighted by Crippen LogP contribution is -2.28. The maximum atomic E-state index is 11.8. The molecule has 13 heavy (non-hydrogen) atoms. The molecular weight excluding hydrogens is 392 g/mol. The smallest absolute Gasteiger partial charge is 0.188 e. The summed E-state index contributed by atoms with van der Waals surface area (Å²) in [6.45, 7) is 0. The Morgan fingerprint density at radius 1 is 1.31 bits per heavy atom. The van der Waals surface area contributed by atoms with Gasteiger partial charge in [-0.15, -0.1) is 0 Å². The van der Waals surface area contributed by atoms with E-state index in [1.54, 1.807) is 0 Å². The number of para-hydroxylation sites is 1. The number of hydrogen-bond donors (Lipinski definition) is 1. The minimum Gasteiger partial charge on any atom is -0.373 e. The maximum Gasteiger partial charge on any atom is 0.188 e. The summed E-state index contributed by atoms with van der Waals surface area (Å²) < 4.78 is 0.287. The van der Waals surface area contributed by atoms with Crippen molar-refractivity contribution in [2.45, 2.75) is 7.97 Å². The molecule has 0 aromatic heterocycles. The molecule has 0 saturated carbocycles. The van der Waals surface area contributed by atoms with Gasteiger partial charge in [-0.05, 0) is 12.1 Å². The molecule has 1 unspecified atom stereocenters. The second kappa shape index (κ2) is 3.72. The standard InChI is InChI=1S/C9H7I2NO/c10-9(11)7-8(13)5-3-1-2-4-6(5)12-7/h1-4,7,9,12H. The molecule has 2 rings (SSSR count). The number of halogens is 2. The van der Waals surface area contributed by atoms with Crippen LogP contribution in [-0.2, 0) is 0 Å². The highest BCUT2D eigenvalue weighted by atomic mass is 127. The molecule has 0 saturated heterocycles. The van der Waals surface area contributed by atoms with Crippen LogP contribution in [0, 0.1) is 0 Å². The molecule has 1 aromatic rings. The van der Waals surface area contributed by atoms with Crippen molar-refractivity contribution >= 4 is 56.7 Å². The number of rotatable bonds is 1. The van der Waals surface area contributed by atoms with E-state index in [0.717, 1.165) is 11.3 Å². The molecule has 1 aromatic carbocycles. The Balaban J connectivity index is 2.38. The van der Waals surface area contributed by atoms with Crippen LogP contribution in [0.4, 0.5) is 5.69 Å². The van der Waals surface area contributed by atoms with Crippen LogP contribution >= 0.6 is 45.2 Å². The summed E-state index contributed by atoms with van der Waals surface area (Å²) in [4.78, 5) is 11.8. The number of benzene rings is 1. The van der Waals surface area contributed by atoms with E-state index in [1.165, 1.54) is 0 Å². The normalized spacial score (nSPS) is 20.2. The molecule has 0 spiro atoms. The van der Waals surface area contributed by atoms with Crippen molar-refractivity contribution in [2.75, 3.05) is 5.32 Å². The van der Waals surface area contributed by atoms with Crippen LogP contribution in [0.3, 0.4) is 0 Å². The summed E-state index contributed by atoms with van der Waals surface area (Å²) >= 11 is 4.52. The number of anilines is 1. The lowest BCUT2D eigenvalue weighted by atomic mass is 10.1. The Morgan fingerprint density at radius 3 is 2.62 bits per heavy atom. The molecule has 1 aliphatic rings. The molecular formula is C9H7I2NO. The summed E-state index contributed by atoms with van der Waals surface area (Å²) in [5.41, 5.74) is 1.79. The number of hydrogen-bond acceptors (Lipinski definition) is 2. The van der Waals surface area contributed by atoms with Crippen molar-refractivity contribution in [3.05, 3.63) is 29.8 Å². The van der Waals surface area contributed by atoms with Gasteiger partial charge in [0, 0.05) is 11.3 Å². The summed E-state index contributed by atoms with van der Waals surface area (Å²) in [6.07, 6.45) is 0. The lowest BCUT2D eigenvalue weighted by Gasteiger charge is -2.10. The predicted octanol–water partition coefficient (Wildman–Crippen LogP) is 2.86. The number of fused-ring (bicyclic) bond motifs is 1. The van der Waals surface area contributed by atoms with Crippen molar-refractivity contribution in [3.8, 4) is 0 Å². The molecule has 68 valence electrons. The van der Waals surface area contributed by atoms with Gasteiger partial charge in [0.1, 0.15) is 6.04 Å². The van der Waals surface area contributed by atoms with Gasteiger partial charge in [0.15, 0.2) is 5.78 Å². The second-order valence-electron chi connectivity index (χ2n) is 2.87. The molecule has 0 bridgehead atoms. The Bertz CT molecular complexity index is 351. The molecule has 0 amide bonds. The van der Waals surface area contributed by atoms with E-state index in [2.05, 4.69) is 50.5 Å². The number of nitrogens with one attached hydrogen (secondary N) is 1. The average Bonchev–Trinajstić information content (AvgIpc) is 2.45. The molecule has 2 nitrogen and oxygen atoms in total. The zero-order chi connectivity index (χ0) is 9.42. The zero-order valence-corrected chi connectivity index (χ0v) is 10.9. The van der Waals surface area contributed by atoms with Crippen molar-refractivity contribution in [3.63, 3.8) is 0 Å². The molecule has 1 aliphatic heterocycles. The van der Waals surface area contributed by atoms with E-state index >= 15 is 0 Å². The van der Waals surface area contributed by atoms with Crippen LogP contribution in [0.25, 0.3) is 0 Å². The third-order valence-electron chi connectivity index (χ3n) is 2.04. The monoisotopic (exact) mass is 399 g/mol. The Morgan fingerprint density at radius 2 is 2.00 bits per heavy atom. The fraction of sp³-hybridized carbons (Fsp3) is 0.222. The Kier molecular flexibility index (Phi) is 2.77. The van der Waals surface area contributed by atoms with Crippen LogP contribution in [0.1, 0.15) is 10.4 Å². The minimum absolute atomic E-state index is 0.0569. The molecule has 0 aliphatic carbocycles. The van der Waals surface area contributed by atoms with Crippen LogP contribution < -0.4 is 5.32 Å². The number of carbonyl (C=O) groups excluding carboxylic acids is 1. The average molecular weight is 399 g/mol. The van der Waals surface area contributed by atoms with Gasteiger partial charge in [-0.3, -0.25) is 4.79 Å². The zero-order valence-electron chi connectivity index (χ0n) is 6.63. The van der Waals surface area contributed by atoms with Crippen molar-refractivity contribution in [1.82, 2.24) is 0 Å². The highest BCUT2D eigenvalue weighted by Crippen LogP contribution is 2.31. The van der Waals surface area contributed by atoms with Gasteiger partial charge in [-0.2, -0.15) is 0 Å². The van der Waals surface area contributed by atoms with E-state index in [1.807, 2.05) is 24.3 Å². The molecule has 0 fully saturated rings. The number of Topliss-reactive ketones (excluding diaryl/α,β-unsaturated/α-hetero) is 1. The summed E-state index contributed by atoms with van der Waals surface area (Å²) in [5.74, 6) is 0.212. The third kappa shape index (κ3) is 1.70. The van der Waals surface area contributed by atoms with Gasteiger partial charge in [-0.1, -0.05) is 57.3 Å². The largest absolute Gasteiger partial charge is 0.373 e. The fourth-order valence-electron chi connectivity index (χ4n) is 1.40. The first kappa shape index (κ1) is 9.70. The van der Waals surface area contributed by atoms with Crippen LogP contribution in [-0.4, -0.2) is 13.8 Å². The van der Waals surface area contributed by atoms with Gasteiger partial charge >= 0.3 is 0 Å². The van der Waals surface area contributed by atoms with Gasteiger partial charge in [0.25, 0.3) is 0 Å². The van der Waals surface area contributed by atoms with E-state index in [-0.39, 0.29) is 13.8 Å². The first-order valence-corrected chi connectivity index (χ1v) is 6.37. The molecule has 4 heteroatoms. The Hall–Kier alpha value is 0.150. The SMILES string of the molecule is O=C1c2ccccc2NC1C(I)I. The molecule has 0 radical (unpaired) electrons. The number of carbonyl (C=O) groups is 1. The highest BCUT2D eigenvalue weighted by Gasteiger charge is 2.32. The maximum absolute atomic E-state index is 11.8. The molecule has 1 N–H and O–H groups in total.